The summed E-state index contributed by atoms with van der Waals surface area (Å²) in [7, 11) is 0. The number of hydrogen-bond donors (Lipinski definition) is 1. The van der Waals surface area contributed by atoms with Crippen molar-refractivity contribution < 1.29 is 9.90 Å². The van der Waals surface area contributed by atoms with Crippen LogP contribution in [0.1, 0.15) is 18.4 Å². The van der Waals surface area contributed by atoms with Crippen LogP contribution in [0.3, 0.4) is 0 Å². The zero-order valence-corrected chi connectivity index (χ0v) is 11.0. The fourth-order valence-corrected chi connectivity index (χ4v) is 2.08. The van der Waals surface area contributed by atoms with Gasteiger partial charge in [0.05, 0.1) is 6.42 Å². The maximum Gasteiger partial charge on any atom is 0.304 e. The van der Waals surface area contributed by atoms with E-state index in [1.165, 1.54) is 11.1 Å². The number of hydrogen-bond acceptors (Lipinski definition) is 2. The van der Waals surface area contributed by atoms with Crippen LogP contribution in [-0.2, 0) is 4.79 Å². The van der Waals surface area contributed by atoms with Gasteiger partial charge in [-0.1, -0.05) is 36.4 Å². The van der Waals surface area contributed by atoms with Gasteiger partial charge in [-0.25, -0.2) is 0 Å². The van der Waals surface area contributed by atoms with Crippen molar-refractivity contribution in [2.24, 2.45) is 0 Å². The van der Waals surface area contributed by atoms with Gasteiger partial charge in [0.1, 0.15) is 0 Å². The van der Waals surface area contributed by atoms with Crippen molar-refractivity contribution in [2.75, 3.05) is 19.6 Å². The first-order chi connectivity index (χ1) is 8.25. The topological polar surface area (TPSA) is 40.5 Å². The lowest BCUT2D eigenvalue weighted by Crippen LogP contribution is -2.30. The number of carbonyl (C=O) groups is 1. The van der Waals surface area contributed by atoms with E-state index in [1.807, 2.05) is 18.2 Å². The molecule has 0 aliphatic carbocycles. The Morgan fingerprint density at radius 2 is 2.00 bits per heavy atom. The van der Waals surface area contributed by atoms with Crippen LogP contribution in [0.15, 0.2) is 36.4 Å². The van der Waals surface area contributed by atoms with Crippen molar-refractivity contribution in [1.29, 1.82) is 0 Å². The Balaban J connectivity index is 0.00000162. The normalized spacial score (nSPS) is 15.7. The largest absolute Gasteiger partial charge is 0.481 e. The van der Waals surface area contributed by atoms with Crippen molar-refractivity contribution in [1.82, 2.24) is 4.90 Å². The molecule has 0 bridgehead atoms. The van der Waals surface area contributed by atoms with Crippen LogP contribution in [-0.4, -0.2) is 35.6 Å². The molecule has 18 heavy (non-hydrogen) atoms. The minimum Gasteiger partial charge on any atom is -0.481 e. The molecule has 0 fully saturated rings. The van der Waals surface area contributed by atoms with Crippen LogP contribution >= 0.6 is 12.4 Å². The molecule has 1 aliphatic heterocycles. The molecule has 3 nitrogen and oxygen atoms in total. The fraction of sp³-hybridized carbons (Fsp3) is 0.357. The Hall–Kier alpha value is -1.32. The van der Waals surface area contributed by atoms with E-state index in [2.05, 4.69) is 23.1 Å². The molecule has 1 heterocycles. The van der Waals surface area contributed by atoms with Gasteiger partial charge < -0.3 is 5.11 Å². The molecule has 0 aromatic heterocycles. The summed E-state index contributed by atoms with van der Waals surface area (Å²) >= 11 is 0. The van der Waals surface area contributed by atoms with E-state index in [1.54, 1.807) is 0 Å². The highest BCUT2D eigenvalue weighted by molar-refractivity contribution is 5.85. The summed E-state index contributed by atoms with van der Waals surface area (Å²) in [5, 5.41) is 8.63. The van der Waals surface area contributed by atoms with Crippen LogP contribution in [0, 0.1) is 0 Å². The molecule has 98 valence electrons. The summed E-state index contributed by atoms with van der Waals surface area (Å²) in [5.41, 5.74) is 2.66. The van der Waals surface area contributed by atoms with E-state index in [-0.39, 0.29) is 18.8 Å². The maximum absolute atomic E-state index is 10.5. The second kappa shape index (κ2) is 7.19. The number of aliphatic carboxylic acids is 1. The Bertz CT molecular complexity index is 417. The summed E-state index contributed by atoms with van der Waals surface area (Å²) in [6, 6.07) is 10.4. The zero-order valence-electron chi connectivity index (χ0n) is 10.2. The summed E-state index contributed by atoms with van der Waals surface area (Å²) in [4.78, 5) is 12.7. The number of carboxylic acids is 1. The van der Waals surface area contributed by atoms with Gasteiger partial charge in [-0.05, 0) is 17.6 Å². The van der Waals surface area contributed by atoms with Crippen LogP contribution in [0.2, 0.25) is 0 Å². The quantitative estimate of drug-likeness (QED) is 0.912. The number of rotatable bonds is 4. The average molecular weight is 268 g/mol. The van der Waals surface area contributed by atoms with E-state index in [4.69, 9.17) is 5.11 Å². The predicted molar refractivity (Wildman–Crippen MR) is 75.0 cm³/mol. The third kappa shape index (κ3) is 4.17. The molecule has 1 aromatic rings. The highest BCUT2D eigenvalue weighted by Crippen LogP contribution is 2.21. The molecule has 1 N–H and O–H groups in total. The molecule has 1 aliphatic rings. The van der Waals surface area contributed by atoms with Crippen LogP contribution in [0.25, 0.3) is 5.57 Å². The van der Waals surface area contributed by atoms with Gasteiger partial charge in [0.2, 0.25) is 0 Å². The molecule has 0 amide bonds. The number of carboxylic acid groups (broad SMARTS) is 1. The van der Waals surface area contributed by atoms with Crippen LogP contribution < -0.4 is 0 Å². The molecule has 0 saturated heterocycles. The minimum atomic E-state index is -0.720. The first kappa shape index (κ1) is 14.7. The summed E-state index contributed by atoms with van der Waals surface area (Å²) < 4.78 is 0. The SMILES string of the molecule is Cl.O=C(O)CCN1CC=C(c2ccccc2)CC1. The lowest BCUT2D eigenvalue weighted by molar-refractivity contribution is -0.137. The van der Waals surface area contributed by atoms with Gasteiger partial charge in [-0.2, -0.15) is 0 Å². The van der Waals surface area contributed by atoms with Crippen LogP contribution in [0.4, 0.5) is 0 Å². The lowest BCUT2D eigenvalue weighted by atomic mass is 9.99. The third-order valence-electron chi connectivity index (χ3n) is 3.08. The highest BCUT2D eigenvalue weighted by atomic mass is 35.5. The number of benzene rings is 1. The average Bonchev–Trinajstić information content (AvgIpc) is 2.38. The molecule has 4 heteroatoms. The van der Waals surface area contributed by atoms with Crippen molar-refractivity contribution in [2.45, 2.75) is 12.8 Å². The van der Waals surface area contributed by atoms with Crippen molar-refractivity contribution in [3.63, 3.8) is 0 Å². The van der Waals surface area contributed by atoms with Gasteiger partial charge in [-0.3, -0.25) is 9.69 Å². The smallest absolute Gasteiger partial charge is 0.304 e. The summed E-state index contributed by atoms with van der Waals surface area (Å²) in [5.74, 6) is -0.720. The third-order valence-corrected chi connectivity index (χ3v) is 3.08. The Labute approximate surface area is 114 Å². The highest BCUT2D eigenvalue weighted by Gasteiger charge is 2.13. The molecule has 0 atom stereocenters. The van der Waals surface area contributed by atoms with Gasteiger partial charge in [0, 0.05) is 19.6 Å². The van der Waals surface area contributed by atoms with Crippen molar-refractivity contribution in [3.05, 3.63) is 42.0 Å². The monoisotopic (exact) mass is 267 g/mol. The van der Waals surface area contributed by atoms with E-state index in [0.29, 0.717) is 6.54 Å². The first-order valence-corrected chi connectivity index (χ1v) is 5.94. The Morgan fingerprint density at radius 3 is 2.56 bits per heavy atom. The fourth-order valence-electron chi connectivity index (χ4n) is 2.08. The number of halogens is 1. The molecule has 0 unspecified atom stereocenters. The standard InChI is InChI=1S/C14H17NO2.ClH/c16-14(17)8-11-15-9-6-13(7-10-15)12-4-2-1-3-5-12;/h1-6H,7-11H2,(H,16,17);1H. The van der Waals surface area contributed by atoms with Crippen molar-refractivity contribution >= 4 is 23.9 Å². The number of nitrogens with zero attached hydrogens (tertiary/aromatic N) is 1. The first-order valence-electron chi connectivity index (χ1n) is 5.94. The van der Waals surface area contributed by atoms with Crippen LogP contribution in [0.5, 0.6) is 0 Å². The molecular formula is C14H18ClNO2. The minimum absolute atomic E-state index is 0. The molecule has 0 spiro atoms. The molecule has 1 aromatic carbocycles. The van der Waals surface area contributed by atoms with E-state index < -0.39 is 5.97 Å². The molecular weight excluding hydrogens is 250 g/mol. The van der Waals surface area contributed by atoms with Gasteiger partial charge in [0.15, 0.2) is 0 Å². The predicted octanol–water partition coefficient (Wildman–Crippen LogP) is 2.67. The summed E-state index contributed by atoms with van der Waals surface area (Å²) in [6.45, 7) is 2.46. The molecule has 0 radical (unpaired) electrons. The Kier molecular flexibility index (Phi) is 5.89. The Morgan fingerprint density at radius 1 is 1.28 bits per heavy atom. The van der Waals surface area contributed by atoms with Gasteiger partial charge >= 0.3 is 5.97 Å². The molecule has 0 saturated carbocycles. The summed E-state index contributed by atoms with van der Waals surface area (Å²) in [6.07, 6.45) is 3.44. The second-order valence-electron chi connectivity index (χ2n) is 4.29. The van der Waals surface area contributed by atoms with Gasteiger partial charge in [-0.15, -0.1) is 12.4 Å². The molecule has 2 rings (SSSR count). The second-order valence-corrected chi connectivity index (χ2v) is 4.29. The maximum atomic E-state index is 10.5. The van der Waals surface area contributed by atoms with E-state index in [0.717, 1.165) is 19.5 Å². The lowest BCUT2D eigenvalue weighted by Gasteiger charge is -2.25. The van der Waals surface area contributed by atoms with E-state index in [9.17, 15) is 4.79 Å². The van der Waals surface area contributed by atoms with E-state index >= 15 is 0 Å². The van der Waals surface area contributed by atoms with Crippen molar-refractivity contribution in [3.8, 4) is 0 Å². The van der Waals surface area contributed by atoms with Gasteiger partial charge in [0.25, 0.3) is 0 Å². The zero-order chi connectivity index (χ0) is 12.1.